The molecule has 2 heterocycles. The third kappa shape index (κ3) is 2.06. The van der Waals surface area contributed by atoms with Gasteiger partial charge in [0.15, 0.2) is 4.77 Å². The Morgan fingerprint density at radius 3 is 2.95 bits per heavy atom. The van der Waals surface area contributed by atoms with E-state index in [1.165, 1.54) is 6.07 Å². The molecule has 98 valence electrons. The summed E-state index contributed by atoms with van der Waals surface area (Å²) in [6.45, 7) is 0.504. The normalized spacial score (nSPS) is 11.3. The lowest BCUT2D eigenvalue weighted by molar-refractivity contribution is 0.629. The van der Waals surface area contributed by atoms with E-state index < -0.39 is 5.82 Å². The SMILES string of the molecule is Cn1ccnc1Cn1c(=S)[nH]c2cc(F)c(Cl)cc21. The van der Waals surface area contributed by atoms with Gasteiger partial charge in [0, 0.05) is 25.5 Å². The van der Waals surface area contributed by atoms with Crippen LogP contribution in [0.1, 0.15) is 5.82 Å². The number of halogens is 2. The van der Waals surface area contributed by atoms with Crippen molar-refractivity contribution in [2.24, 2.45) is 7.05 Å². The Morgan fingerprint density at radius 1 is 1.47 bits per heavy atom. The number of rotatable bonds is 2. The summed E-state index contributed by atoms with van der Waals surface area (Å²) in [6.07, 6.45) is 3.58. The third-order valence-electron chi connectivity index (χ3n) is 3.04. The highest BCUT2D eigenvalue weighted by Crippen LogP contribution is 2.23. The summed E-state index contributed by atoms with van der Waals surface area (Å²) in [5.41, 5.74) is 1.39. The molecule has 3 rings (SSSR count). The number of hydrogen-bond donors (Lipinski definition) is 1. The Bertz CT molecular complexity index is 817. The number of imidazole rings is 2. The number of nitrogens with zero attached hydrogens (tertiary/aromatic N) is 3. The number of nitrogens with one attached hydrogen (secondary N) is 1. The lowest BCUT2D eigenvalue weighted by Gasteiger charge is -2.05. The van der Waals surface area contributed by atoms with Gasteiger partial charge in [0.2, 0.25) is 0 Å². The molecule has 0 saturated heterocycles. The number of benzene rings is 1. The second kappa shape index (κ2) is 4.47. The van der Waals surface area contributed by atoms with Crippen LogP contribution >= 0.6 is 23.8 Å². The summed E-state index contributed by atoms with van der Waals surface area (Å²) in [4.78, 5) is 7.22. The van der Waals surface area contributed by atoms with E-state index in [1.54, 1.807) is 12.3 Å². The molecule has 4 nitrogen and oxygen atoms in total. The van der Waals surface area contributed by atoms with Gasteiger partial charge in [-0.05, 0) is 18.3 Å². The van der Waals surface area contributed by atoms with Crippen LogP contribution in [0.25, 0.3) is 11.0 Å². The van der Waals surface area contributed by atoms with E-state index in [4.69, 9.17) is 23.8 Å². The summed E-state index contributed by atoms with van der Waals surface area (Å²) < 4.78 is 17.7. The number of fused-ring (bicyclic) bond motifs is 1. The molecule has 0 spiro atoms. The molecule has 0 aliphatic carbocycles. The molecule has 0 fully saturated rings. The minimum atomic E-state index is -0.463. The largest absolute Gasteiger partial charge is 0.337 e. The van der Waals surface area contributed by atoms with Crippen molar-refractivity contribution in [3.63, 3.8) is 0 Å². The van der Waals surface area contributed by atoms with Crippen molar-refractivity contribution in [1.82, 2.24) is 19.1 Å². The molecule has 0 amide bonds. The second-order valence-corrected chi connectivity index (χ2v) is 5.05. The minimum Gasteiger partial charge on any atom is -0.337 e. The first-order chi connectivity index (χ1) is 9.06. The lowest BCUT2D eigenvalue weighted by atomic mass is 10.3. The number of aromatic amines is 1. The molecule has 0 atom stereocenters. The molecule has 1 N–H and O–H groups in total. The Morgan fingerprint density at radius 2 is 2.26 bits per heavy atom. The van der Waals surface area contributed by atoms with Gasteiger partial charge in [0.1, 0.15) is 11.6 Å². The molecule has 0 unspecified atom stereocenters. The molecule has 2 aromatic heterocycles. The van der Waals surface area contributed by atoms with Crippen LogP contribution in [-0.2, 0) is 13.6 Å². The van der Waals surface area contributed by atoms with Crippen molar-refractivity contribution in [2.45, 2.75) is 6.54 Å². The van der Waals surface area contributed by atoms with Gasteiger partial charge < -0.3 is 14.1 Å². The Kier molecular flexibility index (Phi) is 2.91. The van der Waals surface area contributed by atoms with Gasteiger partial charge in [-0.2, -0.15) is 0 Å². The standard InChI is InChI=1S/C12H10ClFN4S/c1-17-3-2-15-11(17)6-18-10-4-7(13)8(14)5-9(10)16-12(18)19/h2-5H,6H2,1H3,(H,16,19). The summed E-state index contributed by atoms with van der Waals surface area (Å²) in [5.74, 6) is 0.395. The number of aromatic nitrogens is 4. The van der Waals surface area contributed by atoms with Crippen molar-refractivity contribution in [1.29, 1.82) is 0 Å². The minimum absolute atomic E-state index is 0.0788. The highest BCUT2D eigenvalue weighted by atomic mass is 35.5. The zero-order valence-electron chi connectivity index (χ0n) is 10.0. The maximum absolute atomic E-state index is 13.4. The molecule has 1 aromatic carbocycles. The van der Waals surface area contributed by atoms with E-state index in [2.05, 4.69) is 9.97 Å². The topological polar surface area (TPSA) is 38.5 Å². The summed E-state index contributed by atoms with van der Waals surface area (Å²) >= 11 is 11.1. The summed E-state index contributed by atoms with van der Waals surface area (Å²) in [7, 11) is 1.91. The molecule has 0 aliphatic rings. The van der Waals surface area contributed by atoms with E-state index in [9.17, 15) is 4.39 Å². The molecule has 3 aromatic rings. The molecule has 7 heteroatoms. The average Bonchev–Trinajstić information content (AvgIpc) is 2.88. The van der Waals surface area contributed by atoms with Gasteiger partial charge in [-0.1, -0.05) is 11.6 Å². The average molecular weight is 297 g/mol. The van der Waals surface area contributed by atoms with Crippen LogP contribution in [-0.4, -0.2) is 19.1 Å². The molecule has 0 radical (unpaired) electrons. The van der Waals surface area contributed by atoms with Crippen LogP contribution in [0.2, 0.25) is 5.02 Å². The summed E-state index contributed by atoms with van der Waals surface area (Å²) in [5, 5.41) is 0.0788. The van der Waals surface area contributed by atoms with Crippen LogP contribution in [0.4, 0.5) is 4.39 Å². The number of H-pyrrole nitrogens is 1. The van der Waals surface area contributed by atoms with Crippen molar-refractivity contribution in [2.75, 3.05) is 0 Å². The predicted molar refractivity (Wildman–Crippen MR) is 74.4 cm³/mol. The zero-order chi connectivity index (χ0) is 13.6. The first kappa shape index (κ1) is 12.4. The van der Waals surface area contributed by atoms with Crippen LogP contribution in [0.5, 0.6) is 0 Å². The van der Waals surface area contributed by atoms with Crippen LogP contribution < -0.4 is 0 Å². The monoisotopic (exact) mass is 296 g/mol. The van der Waals surface area contributed by atoms with Gasteiger partial charge in [-0.25, -0.2) is 9.37 Å². The van der Waals surface area contributed by atoms with E-state index >= 15 is 0 Å². The fraction of sp³-hybridized carbons (Fsp3) is 0.167. The predicted octanol–water partition coefficient (Wildman–Crippen LogP) is 3.27. The highest BCUT2D eigenvalue weighted by Gasteiger charge is 2.10. The fourth-order valence-corrected chi connectivity index (χ4v) is 2.43. The van der Waals surface area contributed by atoms with Gasteiger partial charge in [-0.15, -0.1) is 0 Å². The summed E-state index contributed by atoms with van der Waals surface area (Å²) in [6, 6.07) is 2.92. The Balaban J connectivity index is 2.18. The van der Waals surface area contributed by atoms with E-state index in [0.717, 1.165) is 11.3 Å². The van der Waals surface area contributed by atoms with E-state index in [1.807, 2.05) is 22.4 Å². The van der Waals surface area contributed by atoms with Gasteiger partial charge in [0.25, 0.3) is 0 Å². The smallest absolute Gasteiger partial charge is 0.178 e. The second-order valence-electron chi connectivity index (χ2n) is 4.25. The molecule has 0 aliphatic heterocycles. The maximum Gasteiger partial charge on any atom is 0.178 e. The van der Waals surface area contributed by atoms with Crippen molar-refractivity contribution >= 4 is 34.9 Å². The molecular weight excluding hydrogens is 287 g/mol. The van der Waals surface area contributed by atoms with Crippen molar-refractivity contribution in [3.8, 4) is 0 Å². The zero-order valence-corrected chi connectivity index (χ0v) is 11.6. The molecule has 19 heavy (non-hydrogen) atoms. The van der Waals surface area contributed by atoms with Crippen molar-refractivity contribution < 1.29 is 4.39 Å². The Labute approximate surface area is 118 Å². The van der Waals surface area contributed by atoms with Gasteiger partial charge in [0.05, 0.1) is 22.6 Å². The highest BCUT2D eigenvalue weighted by molar-refractivity contribution is 7.71. The molecule has 0 bridgehead atoms. The van der Waals surface area contributed by atoms with E-state index in [-0.39, 0.29) is 5.02 Å². The first-order valence-electron chi connectivity index (χ1n) is 5.60. The number of hydrogen-bond acceptors (Lipinski definition) is 2. The lowest BCUT2D eigenvalue weighted by Crippen LogP contribution is -2.05. The van der Waals surface area contributed by atoms with E-state index in [0.29, 0.717) is 16.8 Å². The van der Waals surface area contributed by atoms with Crippen LogP contribution in [0.15, 0.2) is 24.5 Å². The van der Waals surface area contributed by atoms with Gasteiger partial charge in [-0.3, -0.25) is 0 Å². The number of aryl methyl sites for hydroxylation is 1. The van der Waals surface area contributed by atoms with Crippen LogP contribution in [0.3, 0.4) is 0 Å². The fourth-order valence-electron chi connectivity index (χ4n) is 2.00. The van der Waals surface area contributed by atoms with Crippen LogP contribution in [0, 0.1) is 10.6 Å². The van der Waals surface area contributed by atoms with Gasteiger partial charge >= 0.3 is 0 Å². The molecule has 0 saturated carbocycles. The maximum atomic E-state index is 13.4. The first-order valence-corrected chi connectivity index (χ1v) is 6.38. The van der Waals surface area contributed by atoms with Crippen molar-refractivity contribution in [3.05, 3.63) is 46.0 Å². The third-order valence-corrected chi connectivity index (χ3v) is 3.65. The Hall–Kier alpha value is -1.66. The molecular formula is C12H10ClFN4S. The quantitative estimate of drug-likeness (QED) is 0.737.